The van der Waals surface area contributed by atoms with Crippen LogP contribution >= 0.6 is 0 Å². The fourth-order valence-corrected chi connectivity index (χ4v) is 3.02. The van der Waals surface area contributed by atoms with E-state index in [4.69, 9.17) is 0 Å². The molecule has 23 heavy (non-hydrogen) atoms. The van der Waals surface area contributed by atoms with Gasteiger partial charge in [-0.15, -0.1) is 0 Å². The number of carbonyl (C=O) groups excluding carboxylic acids is 1. The summed E-state index contributed by atoms with van der Waals surface area (Å²) in [7, 11) is 0. The van der Waals surface area contributed by atoms with Gasteiger partial charge in [-0.1, -0.05) is 0 Å². The molecule has 1 aliphatic carbocycles. The van der Waals surface area contributed by atoms with Crippen LogP contribution in [0.1, 0.15) is 29.5 Å². The molecule has 118 valence electrons. The summed E-state index contributed by atoms with van der Waals surface area (Å²) in [6.07, 6.45) is 10.3. The van der Waals surface area contributed by atoms with Crippen LogP contribution in [-0.4, -0.2) is 27.4 Å². The number of amides is 1. The molecule has 0 radical (unpaired) electrons. The first-order valence-corrected chi connectivity index (χ1v) is 8.05. The molecule has 1 saturated carbocycles. The van der Waals surface area contributed by atoms with Gasteiger partial charge in [-0.3, -0.25) is 9.78 Å². The number of rotatable bonds is 4. The number of anilines is 1. The van der Waals surface area contributed by atoms with Crippen molar-refractivity contribution in [1.82, 2.24) is 20.3 Å². The van der Waals surface area contributed by atoms with Gasteiger partial charge in [-0.25, -0.2) is 9.97 Å². The van der Waals surface area contributed by atoms with Crippen molar-refractivity contribution in [3.63, 3.8) is 0 Å². The van der Waals surface area contributed by atoms with Gasteiger partial charge in [-0.2, -0.15) is 0 Å². The molecule has 2 aromatic heterocycles. The summed E-state index contributed by atoms with van der Waals surface area (Å²) in [5.41, 5.74) is 3.63. The van der Waals surface area contributed by atoms with E-state index in [0.717, 1.165) is 43.9 Å². The molecule has 0 aromatic carbocycles. The molecule has 3 heterocycles. The topological polar surface area (TPSA) is 71.0 Å². The van der Waals surface area contributed by atoms with Crippen molar-refractivity contribution < 1.29 is 4.79 Å². The Balaban J connectivity index is 1.49. The summed E-state index contributed by atoms with van der Waals surface area (Å²) in [5, 5.41) is 3.04. The average molecular weight is 309 g/mol. The average Bonchev–Trinajstić information content (AvgIpc) is 3.45. The first-order chi connectivity index (χ1) is 11.3. The predicted molar refractivity (Wildman–Crippen MR) is 85.6 cm³/mol. The molecular formula is C17H19N5O. The van der Waals surface area contributed by atoms with Crippen LogP contribution in [0.15, 0.2) is 30.9 Å². The highest BCUT2D eigenvalue weighted by Gasteiger charge is 2.29. The summed E-state index contributed by atoms with van der Waals surface area (Å²) in [6.45, 7) is 2.22. The third kappa shape index (κ3) is 3.02. The Morgan fingerprint density at radius 2 is 2.09 bits per heavy atom. The number of hydrogen-bond acceptors (Lipinski definition) is 5. The SMILES string of the molecule is O=C(NCc1cncc2c1CCN(c1ncccn1)C2)C1CC1. The van der Waals surface area contributed by atoms with Crippen molar-refractivity contribution in [2.24, 2.45) is 5.92 Å². The molecular weight excluding hydrogens is 290 g/mol. The monoisotopic (exact) mass is 309 g/mol. The summed E-state index contributed by atoms with van der Waals surface area (Å²) in [6, 6.07) is 1.82. The number of pyridine rings is 1. The van der Waals surface area contributed by atoms with Gasteiger partial charge in [0.15, 0.2) is 0 Å². The molecule has 0 saturated heterocycles. The molecule has 1 N–H and O–H groups in total. The van der Waals surface area contributed by atoms with Gasteiger partial charge in [0.05, 0.1) is 0 Å². The zero-order valence-corrected chi connectivity index (χ0v) is 12.9. The van der Waals surface area contributed by atoms with E-state index < -0.39 is 0 Å². The maximum atomic E-state index is 11.8. The maximum absolute atomic E-state index is 11.8. The second-order valence-corrected chi connectivity index (χ2v) is 6.15. The summed E-state index contributed by atoms with van der Waals surface area (Å²) < 4.78 is 0. The third-order valence-electron chi connectivity index (χ3n) is 4.47. The van der Waals surface area contributed by atoms with E-state index in [1.54, 1.807) is 12.4 Å². The Hall–Kier alpha value is -2.50. The molecule has 2 aliphatic rings. The van der Waals surface area contributed by atoms with Crippen LogP contribution in [-0.2, 0) is 24.3 Å². The van der Waals surface area contributed by atoms with E-state index >= 15 is 0 Å². The lowest BCUT2D eigenvalue weighted by atomic mass is 9.97. The minimum Gasteiger partial charge on any atom is -0.352 e. The fourth-order valence-electron chi connectivity index (χ4n) is 3.02. The normalized spacial score (nSPS) is 16.8. The Labute approximate surface area is 135 Å². The molecule has 1 aliphatic heterocycles. The highest BCUT2D eigenvalue weighted by atomic mass is 16.2. The number of hydrogen-bond donors (Lipinski definition) is 1. The highest BCUT2D eigenvalue weighted by Crippen LogP contribution is 2.29. The van der Waals surface area contributed by atoms with E-state index in [1.165, 1.54) is 11.1 Å². The van der Waals surface area contributed by atoms with Crippen LogP contribution in [0, 0.1) is 5.92 Å². The lowest BCUT2D eigenvalue weighted by molar-refractivity contribution is -0.122. The van der Waals surface area contributed by atoms with E-state index in [2.05, 4.69) is 25.2 Å². The van der Waals surface area contributed by atoms with Gasteiger partial charge < -0.3 is 10.2 Å². The zero-order valence-electron chi connectivity index (χ0n) is 12.9. The maximum Gasteiger partial charge on any atom is 0.225 e. The molecule has 6 nitrogen and oxygen atoms in total. The number of fused-ring (bicyclic) bond motifs is 1. The highest BCUT2D eigenvalue weighted by molar-refractivity contribution is 5.80. The summed E-state index contributed by atoms with van der Waals surface area (Å²) in [4.78, 5) is 27.0. The van der Waals surface area contributed by atoms with Gasteiger partial charge in [0, 0.05) is 50.3 Å². The molecule has 2 aromatic rings. The second kappa shape index (κ2) is 5.95. The van der Waals surface area contributed by atoms with Gasteiger partial charge in [0.2, 0.25) is 11.9 Å². The molecule has 0 atom stereocenters. The van der Waals surface area contributed by atoms with Crippen LogP contribution in [0.5, 0.6) is 0 Å². The van der Waals surface area contributed by atoms with Crippen molar-refractivity contribution in [3.8, 4) is 0 Å². The van der Waals surface area contributed by atoms with Crippen LogP contribution in [0.25, 0.3) is 0 Å². The summed E-state index contributed by atoms with van der Waals surface area (Å²) in [5.74, 6) is 1.18. The van der Waals surface area contributed by atoms with Crippen LogP contribution in [0.2, 0.25) is 0 Å². The first-order valence-electron chi connectivity index (χ1n) is 8.05. The Morgan fingerprint density at radius 3 is 2.87 bits per heavy atom. The Morgan fingerprint density at radius 1 is 1.26 bits per heavy atom. The lowest BCUT2D eigenvalue weighted by Gasteiger charge is -2.29. The van der Waals surface area contributed by atoms with E-state index in [1.807, 2.05) is 18.5 Å². The summed E-state index contributed by atoms with van der Waals surface area (Å²) >= 11 is 0. The molecule has 0 bridgehead atoms. The van der Waals surface area contributed by atoms with Gasteiger partial charge in [0.25, 0.3) is 0 Å². The van der Waals surface area contributed by atoms with Crippen LogP contribution in [0.4, 0.5) is 5.95 Å². The van der Waals surface area contributed by atoms with Crippen molar-refractivity contribution in [2.45, 2.75) is 32.4 Å². The molecule has 1 amide bonds. The van der Waals surface area contributed by atoms with Gasteiger partial charge in [0.1, 0.15) is 0 Å². The Kier molecular flexibility index (Phi) is 3.65. The standard InChI is InChI=1S/C17H19N5O/c23-16(12-2-3-12)21-10-13-8-18-9-14-11-22(7-4-15(13)14)17-19-5-1-6-20-17/h1,5-6,8-9,12H,2-4,7,10-11H2,(H,21,23). The van der Waals surface area contributed by atoms with E-state index in [0.29, 0.717) is 6.54 Å². The van der Waals surface area contributed by atoms with Crippen molar-refractivity contribution in [1.29, 1.82) is 0 Å². The Bertz CT molecular complexity index is 714. The van der Waals surface area contributed by atoms with Crippen LogP contribution < -0.4 is 10.2 Å². The van der Waals surface area contributed by atoms with Crippen molar-refractivity contribution in [3.05, 3.63) is 47.5 Å². The minimum absolute atomic E-state index is 0.178. The molecule has 6 heteroatoms. The largest absolute Gasteiger partial charge is 0.352 e. The molecule has 0 spiro atoms. The predicted octanol–water partition coefficient (Wildman–Crippen LogP) is 1.46. The van der Waals surface area contributed by atoms with E-state index in [9.17, 15) is 4.79 Å². The number of carbonyl (C=O) groups is 1. The quantitative estimate of drug-likeness (QED) is 0.926. The lowest BCUT2D eigenvalue weighted by Crippen LogP contribution is -2.33. The molecule has 0 unspecified atom stereocenters. The number of nitrogens with one attached hydrogen (secondary N) is 1. The zero-order chi connectivity index (χ0) is 15.6. The van der Waals surface area contributed by atoms with Gasteiger partial charge >= 0.3 is 0 Å². The van der Waals surface area contributed by atoms with Crippen molar-refractivity contribution >= 4 is 11.9 Å². The van der Waals surface area contributed by atoms with Crippen LogP contribution in [0.3, 0.4) is 0 Å². The second-order valence-electron chi connectivity index (χ2n) is 6.15. The molecule has 4 rings (SSSR count). The minimum atomic E-state index is 0.178. The van der Waals surface area contributed by atoms with Gasteiger partial charge in [-0.05, 0) is 42.0 Å². The third-order valence-corrected chi connectivity index (χ3v) is 4.47. The smallest absolute Gasteiger partial charge is 0.225 e. The first kappa shape index (κ1) is 14.1. The van der Waals surface area contributed by atoms with E-state index in [-0.39, 0.29) is 11.8 Å². The number of aromatic nitrogens is 3. The molecule has 1 fully saturated rings. The number of nitrogens with zero attached hydrogens (tertiary/aromatic N) is 4. The fraction of sp³-hybridized carbons (Fsp3) is 0.412. The van der Waals surface area contributed by atoms with Crippen molar-refractivity contribution in [2.75, 3.05) is 11.4 Å².